The summed E-state index contributed by atoms with van der Waals surface area (Å²) >= 11 is 0. The van der Waals surface area contributed by atoms with Gasteiger partial charge in [-0.25, -0.2) is 0 Å². The van der Waals surface area contributed by atoms with Crippen molar-refractivity contribution in [1.82, 2.24) is 0 Å². The number of benzene rings is 2. The first-order valence-electron chi connectivity index (χ1n) is 6.75. The van der Waals surface area contributed by atoms with Crippen LogP contribution < -0.4 is 0 Å². The maximum absolute atomic E-state index is 10.4. The summed E-state index contributed by atoms with van der Waals surface area (Å²) in [5.74, 6) is 0. The fourth-order valence-electron chi connectivity index (χ4n) is 3.14. The second kappa shape index (κ2) is 4.10. The zero-order valence-corrected chi connectivity index (χ0v) is 11.1. The molecule has 1 atom stereocenters. The van der Waals surface area contributed by atoms with E-state index in [1.807, 2.05) is 0 Å². The Morgan fingerprint density at radius 3 is 2.72 bits per heavy atom. The van der Waals surface area contributed by atoms with Crippen LogP contribution in [-0.2, 0) is 6.42 Å². The largest absolute Gasteiger partial charge is 0.388 e. The lowest BCUT2D eigenvalue weighted by molar-refractivity contribution is 0.116. The van der Waals surface area contributed by atoms with Crippen molar-refractivity contribution in [3.63, 3.8) is 0 Å². The molecule has 1 aliphatic carbocycles. The topological polar surface area (TPSA) is 20.2 Å². The molecule has 18 heavy (non-hydrogen) atoms. The lowest BCUT2D eigenvalue weighted by Crippen LogP contribution is -2.13. The molecule has 0 amide bonds. The van der Waals surface area contributed by atoms with E-state index in [4.69, 9.17) is 0 Å². The first-order valence-corrected chi connectivity index (χ1v) is 6.75. The summed E-state index contributed by atoms with van der Waals surface area (Å²) in [7, 11) is 0. The average Bonchev–Trinajstić information content (AvgIpc) is 2.46. The van der Waals surface area contributed by atoms with Gasteiger partial charge in [0.15, 0.2) is 0 Å². The molecule has 2 aromatic rings. The predicted molar refractivity (Wildman–Crippen MR) is 75.6 cm³/mol. The molecule has 94 valence electrons. The van der Waals surface area contributed by atoms with Crippen molar-refractivity contribution in [2.24, 2.45) is 5.41 Å². The van der Waals surface area contributed by atoms with E-state index in [1.165, 1.54) is 16.3 Å². The Labute approximate surface area is 108 Å². The summed E-state index contributed by atoms with van der Waals surface area (Å²) < 4.78 is 0. The fraction of sp³-hybridized carbons (Fsp3) is 0.412. The zero-order valence-electron chi connectivity index (χ0n) is 11.1. The minimum Gasteiger partial charge on any atom is -0.388 e. The molecule has 0 radical (unpaired) electrons. The SMILES string of the molecule is CC1(C)CCc2c(ccc3ccccc23)C(O)C1. The average molecular weight is 240 g/mol. The minimum absolute atomic E-state index is 0.222. The second-order valence-electron chi connectivity index (χ2n) is 6.24. The highest BCUT2D eigenvalue weighted by Gasteiger charge is 2.28. The number of hydrogen-bond acceptors (Lipinski definition) is 1. The normalized spacial score (nSPS) is 22.5. The zero-order chi connectivity index (χ0) is 12.8. The van der Waals surface area contributed by atoms with Crippen LogP contribution in [0, 0.1) is 5.41 Å². The van der Waals surface area contributed by atoms with E-state index in [2.05, 4.69) is 50.2 Å². The van der Waals surface area contributed by atoms with Crippen molar-refractivity contribution in [1.29, 1.82) is 0 Å². The Hall–Kier alpha value is -1.34. The number of fused-ring (bicyclic) bond motifs is 3. The minimum atomic E-state index is -0.317. The van der Waals surface area contributed by atoms with Crippen LogP contribution in [0.1, 0.15) is 43.9 Å². The van der Waals surface area contributed by atoms with Gasteiger partial charge >= 0.3 is 0 Å². The molecule has 0 saturated heterocycles. The number of aliphatic hydroxyl groups excluding tert-OH is 1. The van der Waals surface area contributed by atoms with Gasteiger partial charge in [0.05, 0.1) is 6.10 Å². The molecule has 2 aromatic carbocycles. The molecular weight excluding hydrogens is 220 g/mol. The van der Waals surface area contributed by atoms with Gasteiger partial charge < -0.3 is 5.11 Å². The number of aryl methyl sites for hydroxylation is 1. The van der Waals surface area contributed by atoms with E-state index >= 15 is 0 Å². The molecule has 1 heteroatoms. The Morgan fingerprint density at radius 2 is 1.89 bits per heavy atom. The van der Waals surface area contributed by atoms with Gasteiger partial charge in [-0.15, -0.1) is 0 Å². The van der Waals surface area contributed by atoms with Crippen molar-refractivity contribution in [2.45, 2.75) is 39.2 Å². The van der Waals surface area contributed by atoms with E-state index in [1.54, 1.807) is 0 Å². The monoisotopic (exact) mass is 240 g/mol. The molecule has 0 spiro atoms. The van der Waals surface area contributed by atoms with Gasteiger partial charge in [0.1, 0.15) is 0 Å². The third kappa shape index (κ3) is 1.93. The molecule has 0 heterocycles. The van der Waals surface area contributed by atoms with E-state index < -0.39 is 0 Å². The fourth-order valence-corrected chi connectivity index (χ4v) is 3.14. The third-order valence-corrected chi connectivity index (χ3v) is 4.23. The smallest absolute Gasteiger partial charge is 0.0798 e. The van der Waals surface area contributed by atoms with Gasteiger partial charge in [-0.1, -0.05) is 50.2 Å². The van der Waals surface area contributed by atoms with Gasteiger partial charge in [0.25, 0.3) is 0 Å². The van der Waals surface area contributed by atoms with Crippen molar-refractivity contribution in [3.8, 4) is 0 Å². The lowest BCUT2D eigenvalue weighted by Gasteiger charge is -2.23. The van der Waals surface area contributed by atoms with Gasteiger partial charge in [-0.2, -0.15) is 0 Å². The summed E-state index contributed by atoms with van der Waals surface area (Å²) in [6.45, 7) is 4.51. The predicted octanol–water partition coefficient (Wildman–Crippen LogP) is 4.24. The molecule has 1 N–H and O–H groups in total. The molecule has 0 aliphatic heterocycles. The van der Waals surface area contributed by atoms with Crippen molar-refractivity contribution in [2.75, 3.05) is 0 Å². The quantitative estimate of drug-likeness (QED) is 0.683. The highest BCUT2D eigenvalue weighted by Crippen LogP contribution is 2.41. The second-order valence-corrected chi connectivity index (χ2v) is 6.24. The first kappa shape index (κ1) is 11.7. The molecule has 1 unspecified atom stereocenters. The van der Waals surface area contributed by atoms with E-state index in [-0.39, 0.29) is 11.5 Å². The molecule has 0 saturated carbocycles. The molecule has 0 fully saturated rings. The number of rotatable bonds is 0. The highest BCUT2D eigenvalue weighted by molar-refractivity contribution is 5.87. The first-order chi connectivity index (χ1) is 8.57. The number of aliphatic hydroxyl groups is 1. The van der Waals surface area contributed by atoms with E-state index in [0.29, 0.717) is 0 Å². The highest BCUT2D eigenvalue weighted by atomic mass is 16.3. The maximum Gasteiger partial charge on any atom is 0.0798 e. The van der Waals surface area contributed by atoms with Crippen molar-refractivity contribution >= 4 is 10.8 Å². The van der Waals surface area contributed by atoms with Crippen molar-refractivity contribution < 1.29 is 5.11 Å². The standard InChI is InChI=1S/C17H20O/c1-17(2)10-9-14-13-6-4-3-5-12(13)7-8-15(14)16(18)11-17/h3-8,16,18H,9-11H2,1-2H3. The van der Waals surface area contributed by atoms with Gasteiger partial charge in [-0.05, 0) is 46.6 Å². The molecule has 3 rings (SSSR count). The Kier molecular flexibility index (Phi) is 2.67. The lowest BCUT2D eigenvalue weighted by atomic mass is 9.84. The Morgan fingerprint density at radius 1 is 1.11 bits per heavy atom. The number of hydrogen-bond donors (Lipinski definition) is 1. The molecule has 0 aromatic heterocycles. The van der Waals surface area contributed by atoms with E-state index in [9.17, 15) is 5.11 Å². The Balaban J connectivity index is 2.20. The summed E-state index contributed by atoms with van der Waals surface area (Å²) in [6.07, 6.45) is 2.76. The molecule has 1 nitrogen and oxygen atoms in total. The summed E-state index contributed by atoms with van der Waals surface area (Å²) in [4.78, 5) is 0. The van der Waals surface area contributed by atoms with Crippen LogP contribution in [0.4, 0.5) is 0 Å². The van der Waals surface area contributed by atoms with Crippen LogP contribution in [0.5, 0.6) is 0 Å². The molecule has 1 aliphatic rings. The summed E-state index contributed by atoms with van der Waals surface area (Å²) in [5.41, 5.74) is 2.71. The molecule has 0 bridgehead atoms. The van der Waals surface area contributed by atoms with Crippen LogP contribution in [0.3, 0.4) is 0 Å². The van der Waals surface area contributed by atoms with Gasteiger partial charge in [0.2, 0.25) is 0 Å². The van der Waals surface area contributed by atoms with Crippen LogP contribution >= 0.6 is 0 Å². The van der Waals surface area contributed by atoms with Crippen LogP contribution in [0.15, 0.2) is 36.4 Å². The van der Waals surface area contributed by atoms with Crippen LogP contribution in [0.25, 0.3) is 10.8 Å². The van der Waals surface area contributed by atoms with Crippen molar-refractivity contribution in [3.05, 3.63) is 47.5 Å². The maximum atomic E-state index is 10.4. The third-order valence-electron chi connectivity index (χ3n) is 4.23. The van der Waals surface area contributed by atoms with Crippen LogP contribution in [0.2, 0.25) is 0 Å². The van der Waals surface area contributed by atoms with Gasteiger partial charge in [-0.3, -0.25) is 0 Å². The summed E-state index contributed by atoms with van der Waals surface area (Å²) in [6, 6.07) is 12.7. The molecular formula is C17H20O. The van der Waals surface area contributed by atoms with E-state index in [0.717, 1.165) is 24.8 Å². The van der Waals surface area contributed by atoms with Crippen LogP contribution in [-0.4, -0.2) is 5.11 Å². The Bertz CT molecular complexity index is 583. The van der Waals surface area contributed by atoms with Gasteiger partial charge in [0, 0.05) is 0 Å². The summed E-state index contributed by atoms with van der Waals surface area (Å²) in [5, 5.41) is 13.0.